The lowest BCUT2D eigenvalue weighted by Crippen LogP contribution is -2.94. The van der Waals surface area contributed by atoms with Crippen molar-refractivity contribution >= 4 is 34.8 Å². The van der Waals surface area contributed by atoms with Gasteiger partial charge in [0.2, 0.25) is 11.7 Å². The van der Waals surface area contributed by atoms with Crippen LogP contribution in [0.4, 0.5) is 0 Å². The van der Waals surface area contributed by atoms with Crippen molar-refractivity contribution in [1.29, 1.82) is 0 Å². The van der Waals surface area contributed by atoms with E-state index in [-0.39, 0.29) is 29.3 Å². The van der Waals surface area contributed by atoms with Gasteiger partial charge in [-0.3, -0.25) is 19.3 Å². The molecule has 0 spiro atoms. The summed E-state index contributed by atoms with van der Waals surface area (Å²) in [6, 6.07) is 3.23. The summed E-state index contributed by atoms with van der Waals surface area (Å²) in [4.78, 5) is 34.6. The number of hydrogen-bond donors (Lipinski definition) is 3. The van der Waals surface area contributed by atoms with Crippen LogP contribution >= 0.6 is 11.6 Å². The molecule has 2 aromatic heterocycles. The number of carbonyl (C=O) groups is 2. The van der Waals surface area contributed by atoms with E-state index < -0.39 is 5.91 Å². The van der Waals surface area contributed by atoms with Crippen molar-refractivity contribution in [2.24, 2.45) is 16.5 Å². The molecule has 2 atom stereocenters. The summed E-state index contributed by atoms with van der Waals surface area (Å²) in [5.74, 6) is 5.15. The number of hydrogen-bond acceptors (Lipinski definition) is 6. The topological polar surface area (TPSA) is 145 Å². The summed E-state index contributed by atoms with van der Waals surface area (Å²) in [5.41, 5.74) is 13.2. The summed E-state index contributed by atoms with van der Waals surface area (Å²) in [5, 5.41) is 2.28. The van der Waals surface area contributed by atoms with Crippen molar-refractivity contribution in [3.8, 4) is 11.8 Å². The van der Waals surface area contributed by atoms with Crippen LogP contribution in [0.25, 0.3) is 5.52 Å². The molecule has 1 aliphatic heterocycles. The third-order valence-electron chi connectivity index (χ3n) is 5.53. The van der Waals surface area contributed by atoms with Crippen LogP contribution in [-0.4, -0.2) is 71.3 Å². The third kappa shape index (κ3) is 5.28. The normalized spacial score (nSPS) is 18.9. The Morgan fingerprint density at radius 3 is 2.85 bits per heavy atom. The fourth-order valence-corrected chi connectivity index (χ4v) is 4.18. The summed E-state index contributed by atoms with van der Waals surface area (Å²) >= 11 is 6.16. The highest BCUT2D eigenvalue weighted by Gasteiger charge is 2.38. The first-order valence-corrected chi connectivity index (χ1v) is 10.8. The van der Waals surface area contributed by atoms with Gasteiger partial charge in [-0.2, -0.15) is 0 Å². The lowest BCUT2D eigenvalue weighted by molar-refractivity contribution is -0.576. The Kier molecular flexibility index (Phi) is 8.07. The highest BCUT2D eigenvalue weighted by atomic mass is 35.5. The van der Waals surface area contributed by atoms with Crippen LogP contribution < -0.4 is 16.8 Å². The van der Waals surface area contributed by atoms with Crippen LogP contribution in [0.15, 0.2) is 53.6 Å². The first-order chi connectivity index (χ1) is 16.3. The van der Waals surface area contributed by atoms with Gasteiger partial charge >= 0.3 is 0 Å². The van der Waals surface area contributed by atoms with Gasteiger partial charge < -0.3 is 21.1 Å². The number of nitrogens with zero attached hydrogens (tertiary/aromatic N) is 4. The molecule has 6 N–H and O–H groups in total. The number of imidazole rings is 1. The quantitative estimate of drug-likeness (QED) is 0.165. The molecule has 11 heteroatoms. The number of quaternary nitrogens is 1. The van der Waals surface area contributed by atoms with E-state index in [0.717, 1.165) is 0 Å². The molecule has 10 nitrogen and oxygen atoms in total. The molecule has 1 saturated heterocycles. The number of amides is 2. The van der Waals surface area contributed by atoms with Gasteiger partial charge in [0.05, 0.1) is 36.5 Å². The van der Waals surface area contributed by atoms with E-state index in [1.165, 1.54) is 6.08 Å². The number of amidine groups is 1. The minimum atomic E-state index is -0.750. The largest absolute Gasteiger partial charge is 0.391 e. The standard InChI is InChI=1S/C23H26ClN7O3/c1-4-20(32)30-11-15(9-16(30)12-34-3)29-23(27-2)21(22(26)33)17(25)7-5-14-6-8-19(24)31-13-28-10-18(14)31/h4,6,8,10,13,15-16H,1,9,11-12,25H2,2-3H3,(H2,26,33)(H,27,29)/p+1/b21-17-/t15?,16-/m1/s1. The predicted molar refractivity (Wildman–Crippen MR) is 129 cm³/mol. The molecule has 1 fully saturated rings. The Bertz CT molecular complexity index is 1240. The van der Waals surface area contributed by atoms with E-state index in [9.17, 15) is 9.59 Å². The lowest BCUT2D eigenvalue weighted by atomic mass is 10.1. The van der Waals surface area contributed by atoms with Crippen LogP contribution in [0.2, 0.25) is 5.15 Å². The molecule has 0 aromatic carbocycles. The predicted octanol–water partition coefficient (Wildman–Crippen LogP) is -0.569. The Hall–Kier alpha value is -3.65. The Balaban J connectivity index is 1.88. The van der Waals surface area contributed by atoms with Crippen molar-refractivity contribution in [2.75, 3.05) is 27.3 Å². The number of pyridine rings is 1. The van der Waals surface area contributed by atoms with E-state index >= 15 is 0 Å². The SMILES string of the molecule is C=CC(=O)N1CC([NH2+]C(=NC)/C(C(N)=O)=C(\N)C#Cc2ccc(Cl)n3cncc23)C[C@@H]1COC. The van der Waals surface area contributed by atoms with Crippen LogP contribution in [-0.2, 0) is 14.3 Å². The van der Waals surface area contributed by atoms with Gasteiger partial charge in [0.25, 0.3) is 5.91 Å². The van der Waals surface area contributed by atoms with Crippen molar-refractivity contribution < 1.29 is 19.6 Å². The number of likely N-dealkylation sites (tertiary alicyclic amines) is 1. The highest BCUT2D eigenvalue weighted by Crippen LogP contribution is 2.18. The molecule has 2 amide bonds. The Labute approximate surface area is 202 Å². The molecular formula is C23H27ClN7O3+. The number of aliphatic imine (C=N–C) groups is 1. The summed E-state index contributed by atoms with van der Waals surface area (Å²) in [6.07, 6.45) is 5.11. The van der Waals surface area contributed by atoms with Crippen LogP contribution in [0.1, 0.15) is 12.0 Å². The number of rotatable bonds is 6. The maximum Gasteiger partial charge on any atom is 0.259 e. The summed E-state index contributed by atoms with van der Waals surface area (Å²) in [6.45, 7) is 4.38. The zero-order valence-electron chi connectivity index (χ0n) is 19.0. The van der Waals surface area contributed by atoms with Gasteiger partial charge in [0.15, 0.2) is 5.57 Å². The highest BCUT2D eigenvalue weighted by molar-refractivity contribution is 6.29. The number of primary amides is 1. The zero-order valence-corrected chi connectivity index (χ0v) is 19.7. The molecule has 2 aromatic rings. The van der Waals surface area contributed by atoms with Gasteiger partial charge in [0, 0.05) is 20.6 Å². The van der Waals surface area contributed by atoms with E-state index in [0.29, 0.717) is 41.6 Å². The van der Waals surface area contributed by atoms with E-state index in [4.69, 9.17) is 27.8 Å². The minimum absolute atomic E-state index is 0.0116. The number of nitrogens with two attached hydrogens (primary N) is 3. The second-order valence-corrected chi connectivity index (χ2v) is 8.08. The smallest absolute Gasteiger partial charge is 0.259 e. The number of fused-ring (bicyclic) bond motifs is 1. The maximum atomic E-state index is 12.3. The first-order valence-electron chi connectivity index (χ1n) is 10.5. The second-order valence-electron chi connectivity index (χ2n) is 7.70. The molecule has 0 aliphatic carbocycles. The van der Waals surface area contributed by atoms with E-state index in [1.807, 2.05) is 0 Å². The van der Waals surface area contributed by atoms with Gasteiger partial charge in [-0.15, -0.1) is 0 Å². The van der Waals surface area contributed by atoms with Crippen LogP contribution in [0.3, 0.4) is 0 Å². The number of methoxy groups -OCH3 is 1. The molecule has 0 saturated carbocycles. The van der Waals surface area contributed by atoms with E-state index in [2.05, 4.69) is 28.4 Å². The monoisotopic (exact) mass is 484 g/mol. The zero-order chi connectivity index (χ0) is 24.8. The summed E-state index contributed by atoms with van der Waals surface area (Å²) in [7, 11) is 3.12. The Morgan fingerprint density at radius 2 is 2.21 bits per heavy atom. The molecule has 0 bridgehead atoms. The van der Waals surface area contributed by atoms with E-state index in [1.54, 1.807) is 53.4 Å². The van der Waals surface area contributed by atoms with Crippen molar-refractivity contribution in [2.45, 2.75) is 18.5 Å². The van der Waals surface area contributed by atoms with Gasteiger partial charge in [0.1, 0.15) is 23.2 Å². The van der Waals surface area contributed by atoms with Crippen molar-refractivity contribution in [3.63, 3.8) is 0 Å². The minimum Gasteiger partial charge on any atom is -0.391 e. The molecule has 178 valence electrons. The number of ether oxygens (including phenoxy) is 1. The number of aromatic nitrogens is 2. The van der Waals surface area contributed by atoms with Gasteiger partial charge in [-0.05, 0) is 24.1 Å². The maximum absolute atomic E-state index is 12.3. The van der Waals surface area contributed by atoms with Crippen molar-refractivity contribution in [3.05, 3.63) is 59.3 Å². The third-order valence-corrected chi connectivity index (χ3v) is 5.84. The number of halogens is 1. The number of carbonyl (C=O) groups excluding carboxylic acids is 2. The number of allylic oxidation sites excluding steroid dienone is 1. The molecule has 3 heterocycles. The van der Waals surface area contributed by atoms with Crippen molar-refractivity contribution in [1.82, 2.24) is 14.3 Å². The first kappa shape index (κ1) is 25.0. The summed E-state index contributed by atoms with van der Waals surface area (Å²) < 4.78 is 6.93. The molecule has 1 aliphatic rings. The van der Waals surface area contributed by atoms with Gasteiger partial charge in [-0.25, -0.2) is 9.98 Å². The molecule has 34 heavy (non-hydrogen) atoms. The average molecular weight is 485 g/mol. The Morgan fingerprint density at radius 1 is 1.44 bits per heavy atom. The van der Waals surface area contributed by atoms with Crippen LogP contribution in [0.5, 0.6) is 0 Å². The molecule has 1 unspecified atom stereocenters. The second kappa shape index (κ2) is 11.0. The fraction of sp³-hybridized carbons (Fsp3) is 0.304. The molecular weight excluding hydrogens is 458 g/mol. The fourth-order valence-electron chi connectivity index (χ4n) is 3.99. The lowest BCUT2D eigenvalue weighted by Gasteiger charge is -2.21. The molecule has 0 radical (unpaired) electrons. The van der Waals surface area contributed by atoms with Gasteiger partial charge in [-0.1, -0.05) is 24.1 Å². The van der Waals surface area contributed by atoms with Crippen LogP contribution in [0, 0.1) is 11.8 Å². The average Bonchev–Trinajstić information content (AvgIpc) is 3.46. The molecule has 3 rings (SSSR count).